The Balaban J connectivity index is 4.25. The zero-order chi connectivity index (χ0) is 12.4. The lowest BCUT2D eigenvalue weighted by Gasteiger charge is -2.16. The Morgan fingerprint density at radius 2 is 1.56 bits per heavy atom. The van der Waals surface area contributed by atoms with Gasteiger partial charge in [0.1, 0.15) is 0 Å². The fourth-order valence-electron chi connectivity index (χ4n) is 2.09. The van der Waals surface area contributed by atoms with Gasteiger partial charge in [0.15, 0.2) is 0 Å². The molecule has 0 radical (unpaired) electrons. The zero-order valence-corrected chi connectivity index (χ0v) is 11.9. The first-order valence-corrected chi connectivity index (χ1v) is 7.00. The molecule has 0 saturated heterocycles. The molecule has 1 heteroatoms. The minimum absolute atomic E-state index is 0.409. The summed E-state index contributed by atoms with van der Waals surface area (Å²) in [5.74, 6) is 0. The van der Waals surface area contributed by atoms with E-state index in [1.54, 1.807) is 5.57 Å². The van der Waals surface area contributed by atoms with Gasteiger partial charge in [0.25, 0.3) is 0 Å². The summed E-state index contributed by atoms with van der Waals surface area (Å²) in [5.41, 5.74) is 3.15. The summed E-state index contributed by atoms with van der Waals surface area (Å²) in [6.07, 6.45) is 7.60. The summed E-state index contributed by atoms with van der Waals surface area (Å²) in [6.45, 7) is 12.0. The molecule has 0 amide bonds. The largest absolute Gasteiger partial charge is 0.374 e. The molecule has 0 heterocycles. The number of hydrogen-bond acceptors (Lipinski definition) is 1. The van der Waals surface area contributed by atoms with Crippen LogP contribution in [0.5, 0.6) is 0 Å². The van der Waals surface area contributed by atoms with Crippen LogP contribution in [0.1, 0.15) is 73.1 Å². The summed E-state index contributed by atoms with van der Waals surface area (Å²) < 4.78 is 5.91. The molecule has 0 spiro atoms. The smallest absolute Gasteiger partial charge is 0.0682 e. The molecule has 0 unspecified atom stereocenters. The Labute approximate surface area is 102 Å². The third-order valence-electron chi connectivity index (χ3n) is 3.14. The van der Waals surface area contributed by atoms with E-state index in [2.05, 4.69) is 34.6 Å². The van der Waals surface area contributed by atoms with E-state index in [-0.39, 0.29) is 0 Å². The third-order valence-corrected chi connectivity index (χ3v) is 3.14. The van der Waals surface area contributed by atoms with Gasteiger partial charge in [0, 0.05) is 0 Å². The lowest BCUT2D eigenvalue weighted by molar-refractivity contribution is 0.0749. The van der Waals surface area contributed by atoms with E-state index in [0.717, 1.165) is 13.0 Å². The SMILES string of the molecule is CCC/C(CC)=C(/CC)CO[C@H](C)CCC. The molecule has 0 aliphatic heterocycles. The molecule has 1 atom stereocenters. The van der Waals surface area contributed by atoms with E-state index in [9.17, 15) is 0 Å². The van der Waals surface area contributed by atoms with Crippen LogP contribution in [0.2, 0.25) is 0 Å². The standard InChI is InChI=1S/C15H30O/c1-6-10-13(5)16-12-15(9-4)14(8-3)11-7-2/h13H,6-12H2,1-5H3/b15-14-/t13-/m1/s1. The van der Waals surface area contributed by atoms with Crippen molar-refractivity contribution in [3.8, 4) is 0 Å². The van der Waals surface area contributed by atoms with Crippen molar-refractivity contribution in [1.29, 1.82) is 0 Å². The molecule has 0 aromatic heterocycles. The van der Waals surface area contributed by atoms with Gasteiger partial charge in [-0.2, -0.15) is 0 Å². The predicted molar refractivity (Wildman–Crippen MR) is 72.8 cm³/mol. The zero-order valence-electron chi connectivity index (χ0n) is 11.9. The van der Waals surface area contributed by atoms with Gasteiger partial charge in [0.2, 0.25) is 0 Å². The monoisotopic (exact) mass is 226 g/mol. The first-order chi connectivity index (χ1) is 7.69. The number of ether oxygens (including phenoxy) is 1. The summed E-state index contributed by atoms with van der Waals surface area (Å²) in [6, 6.07) is 0. The van der Waals surface area contributed by atoms with E-state index < -0.39 is 0 Å². The molecule has 0 rings (SSSR count). The molecule has 0 aliphatic rings. The highest BCUT2D eigenvalue weighted by Gasteiger charge is 2.06. The van der Waals surface area contributed by atoms with E-state index in [1.807, 2.05) is 0 Å². The second-order valence-electron chi connectivity index (χ2n) is 4.57. The molecule has 16 heavy (non-hydrogen) atoms. The van der Waals surface area contributed by atoms with Crippen LogP contribution in [0.15, 0.2) is 11.1 Å². The lowest BCUT2D eigenvalue weighted by Crippen LogP contribution is -2.11. The minimum Gasteiger partial charge on any atom is -0.374 e. The van der Waals surface area contributed by atoms with Gasteiger partial charge in [-0.15, -0.1) is 0 Å². The Morgan fingerprint density at radius 1 is 0.938 bits per heavy atom. The maximum Gasteiger partial charge on any atom is 0.0682 e. The first-order valence-electron chi connectivity index (χ1n) is 7.00. The number of allylic oxidation sites excluding steroid dienone is 1. The van der Waals surface area contributed by atoms with Gasteiger partial charge in [0.05, 0.1) is 12.7 Å². The summed E-state index contributed by atoms with van der Waals surface area (Å²) in [7, 11) is 0. The highest BCUT2D eigenvalue weighted by Crippen LogP contribution is 2.19. The van der Waals surface area contributed by atoms with E-state index >= 15 is 0 Å². The van der Waals surface area contributed by atoms with Crippen LogP contribution >= 0.6 is 0 Å². The van der Waals surface area contributed by atoms with Gasteiger partial charge >= 0.3 is 0 Å². The average molecular weight is 226 g/mol. The number of rotatable bonds is 9. The maximum atomic E-state index is 5.91. The fraction of sp³-hybridized carbons (Fsp3) is 0.867. The molecule has 0 aromatic rings. The normalized spacial score (nSPS) is 14.8. The Bertz CT molecular complexity index is 194. The van der Waals surface area contributed by atoms with Crippen LogP contribution in [-0.2, 0) is 4.74 Å². The first kappa shape index (κ1) is 15.7. The second kappa shape index (κ2) is 9.89. The molecule has 0 aromatic carbocycles. The quantitative estimate of drug-likeness (QED) is 0.496. The molecule has 0 saturated carbocycles. The Kier molecular flexibility index (Phi) is 9.71. The third kappa shape index (κ3) is 6.32. The van der Waals surface area contributed by atoms with Gasteiger partial charge < -0.3 is 4.74 Å². The lowest BCUT2D eigenvalue weighted by atomic mass is 10.00. The van der Waals surface area contributed by atoms with Crippen molar-refractivity contribution in [2.45, 2.75) is 79.2 Å². The molecular formula is C15H30O. The molecule has 0 fully saturated rings. The van der Waals surface area contributed by atoms with Crippen LogP contribution in [-0.4, -0.2) is 12.7 Å². The summed E-state index contributed by atoms with van der Waals surface area (Å²) in [4.78, 5) is 0. The molecule has 0 aliphatic carbocycles. The van der Waals surface area contributed by atoms with Crippen molar-refractivity contribution in [2.24, 2.45) is 0 Å². The average Bonchev–Trinajstić information content (AvgIpc) is 2.28. The Hall–Kier alpha value is -0.300. The van der Waals surface area contributed by atoms with E-state index in [0.29, 0.717) is 6.10 Å². The highest BCUT2D eigenvalue weighted by atomic mass is 16.5. The topological polar surface area (TPSA) is 9.23 Å². The van der Waals surface area contributed by atoms with Crippen molar-refractivity contribution in [2.75, 3.05) is 6.61 Å². The molecule has 96 valence electrons. The van der Waals surface area contributed by atoms with Gasteiger partial charge in [-0.3, -0.25) is 0 Å². The maximum absolute atomic E-state index is 5.91. The summed E-state index contributed by atoms with van der Waals surface area (Å²) >= 11 is 0. The Morgan fingerprint density at radius 3 is 2.00 bits per heavy atom. The number of hydrogen-bond donors (Lipinski definition) is 0. The predicted octanol–water partition coefficient (Wildman–Crippen LogP) is 5.11. The van der Waals surface area contributed by atoms with Crippen LogP contribution < -0.4 is 0 Å². The molecule has 1 nitrogen and oxygen atoms in total. The molecule has 0 N–H and O–H groups in total. The summed E-state index contributed by atoms with van der Waals surface area (Å²) in [5, 5.41) is 0. The van der Waals surface area contributed by atoms with Gasteiger partial charge in [-0.25, -0.2) is 0 Å². The minimum atomic E-state index is 0.409. The fourth-order valence-corrected chi connectivity index (χ4v) is 2.09. The van der Waals surface area contributed by atoms with Crippen molar-refractivity contribution in [3.63, 3.8) is 0 Å². The van der Waals surface area contributed by atoms with Crippen molar-refractivity contribution in [3.05, 3.63) is 11.1 Å². The van der Waals surface area contributed by atoms with Crippen LogP contribution in [0, 0.1) is 0 Å². The second-order valence-corrected chi connectivity index (χ2v) is 4.57. The highest BCUT2D eigenvalue weighted by molar-refractivity contribution is 5.14. The molecular weight excluding hydrogens is 196 g/mol. The van der Waals surface area contributed by atoms with Crippen molar-refractivity contribution >= 4 is 0 Å². The van der Waals surface area contributed by atoms with Crippen LogP contribution in [0.25, 0.3) is 0 Å². The van der Waals surface area contributed by atoms with Crippen molar-refractivity contribution in [1.82, 2.24) is 0 Å². The van der Waals surface area contributed by atoms with Gasteiger partial charge in [-0.05, 0) is 38.2 Å². The van der Waals surface area contributed by atoms with E-state index in [4.69, 9.17) is 4.74 Å². The molecule has 0 bridgehead atoms. The van der Waals surface area contributed by atoms with Crippen LogP contribution in [0.4, 0.5) is 0 Å². The van der Waals surface area contributed by atoms with Gasteiger partial charge in [-0.1, -0.05) is 46.1 Å². The van der Waals surface area contributed by atoms with Crippen molar-refractivity contribution < 1.29 is 4.74 Å². The van der Waals surface area contributed by atoms with Crippen LogP contribution in [0.3, 0.4) is 0 Å². The van der Waals surface area contributed by atoms with E-state index in [1.165, 1.54) is 37.7 Å².